The van der Waals surface area contributed by atoms with E-state index in [0.29, 0.717) is 12.0 Å². The molecule has 0 bridgehead atoms. The number of benzene rings is 2. The first kappa shape index (κ1) is 20.2. The van der Waals surface area contributed by atoms with E-state index in [1.165, 1.54) is 5.56 Å². The van der Waals surface area contributed by atoms with Gasteiger partial charge >= 0.3 is 0 Å². The summed E-state index contributed by atoms with van der Waals surface area (Å²) in [6.45, 7) is 6.02. The predicted molar refractivity (Wildman–Crippen MR) is 117 cm³/mol. The lowest BCUT2D eigenvalue weighted by Crippen LogP contribution is -2.54. The van der Waals surface area contributed by atoms with Crippen molar-refractivity contribution in [3.05, 3.63) is 77.0 Å². The van der Waals surface area contributed by atoms with E-state index in [4.69, 9.17) is 0 Å². The van der Waals surface area contributed by atoms with Gasteiger partial charge in [0.25, 0.3) is 5.91 Å². The maximum absolute atomic E-state index is 13.2. The minimum Gasteiger partial charge on any atom is -0.367 e. The summed E-state index contributed by atoms with van der Waals surface area (Å²) in [7, 11) is 0. The molecule has 2 aliphatic rings. The molecule has 0 aliphatic carbocycles. The maximum Gasteiger partial charge on any atom is 0.267 e. The van der Waals surface area contributed by atoms with Crippen LogP contribution in [0.25, 0.3) is 0 Å². The predicted octanol–water partition coefficient (Wildman–Crippen LogP) is 3.44. The van der Waals surface area contributed by atoms with Gasteiger partial charge in [-0.25, -0.2) is 5.43 Å². The van der Waals surface area contributed by atoms with Crippen molar-refractivity contribution >= 4 is 17.5 Å². The van der Waals surface area contributed by atoms with Crippen LogP contribution in [0.15, 0.2) is 65.9 Å². The molecule has 4 rings (SSSR count). The molecule has 3 atom stereocenters. The van der Waals surface area contributed by atoms with Crippen LogP contribution in [0, 0.1) is 6.92 Å². The molecule has 3 unspecified atom stereocenters. The Morgan fingerprint density at radius 3 is 2.47 bits per heavy atom. The van der Waals surface area contributed by atoms with Crippen LogP contribution in [-0.4, -0.2) is 29.0 Å². The molecule has 3 N–H and O–H groups in total. The van der Waals surface area contributed by atoms with Gasteiger partial charge in [-0.1, -0.05) is 48.0 Å². The normalized spacial score (nSPS) is 23.2. The number of allylic oxidation sites excluding steroid dienone is 1. The number of rotatable bonds is 5. The van der Waals surface area contributed by atoms with Gasteiger partial charge in [0.15, 0.2) is 0 Å². The van der Waals surface area contributed by atoms with Crippen molar-refractivity contribution in [3.63, 3.8) is 0 Å². The number of hydrogen-bond donors (Lipinski definition) is 3. The fourth-order valence-electron chi connectivity index (χ4n) is 4.31. The molecule has 2 aromatic carbocycles. The summed E-state index contributed by atoms with van der Waals surface area (Å²) in [6.07, 6.45) is 0.509. The third kappa shape index (κ3) is 3.96. The molecular formula is C24H28N4O2. The number of carbonyl (C=O) groups is 2. The highest BCUT2D eigenvalue weighted by atomic mass is 16.2. The summed E-state index contributed by atoms with van der Waals surface area (Å²) < 4.78 is 0. The number of fused-ring (bicyclic) bond motifs is 1. The number of hydrazine groups is 1. The lowest BCUT2D eigenvalue weighted by Gasteiger charge is -2.35. The molecule has 1 fully saturated rings. The Morgan fingerprint density at radius 2 is 1.77 bits per heavy atom. The second-order valence-corrected chi connectivity index (χ2v) is 8.14. The van der Waals surface area contributed by atoms with Crippen LogP contribution in [0.2, 0.25) is 0 Å². The summed E-state index contributed by atoms with van der Waals surface area (Å²) in [6, 6.07) is 18.0. The van der Waals surface area contributed by atoms with E-state index < -0.39 is 0 Å². The quantitative estimate of drug-likeness (QED) is 0.714. The molecular weight excluding hydrogens is 376 g/mol. The van der Waals surface area contributed by atoms with Crippen molar-refractivity contribution in [1.29, 1.82) is 0 Å². The number of anilines is 1. The van der Waals surface area contributed by atoms with Gasteiger partial charge in [-0.2, -0.15) is 0 Å². The van der Waals surface area contributed by atoms with Crippen molar-refractivity contribution < 1.29 is 9.59 Å². The summed E-state index contributed by atoms with van der Waals surface area (Å²) in [5.74, 6) is 0.000130. The SMILES string of the molecule is CC1=C(CCC(=O)Nc2ccc(C)cc2)C(=O)N2NC(C)C(c3ccccc3)C2N1. The Kier molecular flexibility index (Phi) is 5.59. The number of amides is 2. The topological polar surface area (TPSA) is 73.5 Å². The molecule has 2 heterocycles. The van der Waals surface area contributed by atoms with Gasteiger partial charge < -0.3 is 10.6 Å². The Balaban J connectivity index is 1.44. The molecule has 156 valence electrons. The highest BCUT2D eigenvalue weighted by Crippen LogP contribution is 2.35. The lowest BCUT2D eigenvalue weighted by atomic mass is 9.90. The van der Waals surface area contributed by atoms with E-state index in [1.807, 2.05) is 56.3 Å². The van der Waals surface area contributed by atoms with Crippen molar-refractivity contribution in [2.75, 3.05) is 5.32 Å². The second-order valence-electron chi connectivity index (χ2n) is 8.14. The Labute approximate surface area is 177 Å². The summed E-state index contributed by atoms with van der Waals surface area (Å²) in [4.78, 5) is 25.6. The van der Waals surface area contributed by atoms with E-state index in [1.54, 1.807) is 5.01 Å². The summed E-state index contributed by atoms with van der Waals surface area (Å²) >= 11 is 0. The van der Waals surface area contributed by atoms with Gasteiger partial charge in [0.05, 0.1) is 0 Å². The first-order chi connectivity index (χ1) is 14.4. The molecule has 0 radical (unpaired) electrons. The van der Waals surface area contributed by atoms with E-state index >= 15 is 0 Å². The van der Waals surface area contributed by atoms with Crippen LogP contribution in [0.5, 0.6) is 0 Å². The average molecular weight is 405 g/mol. The fourth-order valence-corrected chi connectivity index (χ4v) is 4.31. The highest BCUT2D eigenvalue weighted by molar-refractivity contribution is 5.97. The smallest absolute Gasteiger partial charge is 0.267 e. The molecule has 2 amide bonds. The zero-order chi connectivity index (χ0) is 21.3. The molecule has 0 saturated carbocycles. The monoisotopic (exact) mass is 404 g/mol. The van der Waals surface area contributed by atoms with Crippen molar-refractivity contribution in [3.8, 4) is 0 Å². The van der Waals surface area contributed by atoms with Crippen LogP contribution in [-0.2, 0) is 9.59 Å². The van der Waals surface area contributed by atoms with Gasteiger partial charge in [0, 0.05) is 35.3 Å². The minimum atomic E-state index is -0.139. The molecule has 6 heteroatoms. The van der Waals surface area contributed by atoms with Crippen LogP contribution < -0.4 is 16.1 Å². The van der Waals surface area contributed by atoms with Gasteiger partial charge in [0.2, 0.25) is 5.91 Å². The van der Waals surface area contributed by atoms with E-state index in [-0.39, 0.29) is 36.4 Å². The molecule has 30 heavy (non-hydrogen) atoms. The van der Waals surface area contributed by atoms with Crippen LogP contribution >= 0.6 is 0 Å². The van der Waals surface area contributed by atoms with Crippen LogP contribution in [0.1, 0.15) is 43.7 Å². The standard InChI is InChI=1S/C24H28N4O2/c1-15-9-11-19(12-10-15)26-21(29)14-13-20-16(2)25-23-22(18-7-5-4-6-8-18)17(3)27-28(23)24(20)30/h4-12,17,22-23,25,27H,13-14H2,1-3H3,(H,26,29). The Hall–Kier alpha value is -3.12. The number of hydrogen-bond acceptors (Lipinski definition) is 4. The van der Waals surface area contributed by atoms with Gasteiger partial charge in [0.1, 0.15) is 6.17 Å². The number of aryl methyl sites for hydroxylation is 1. The van der Waals surface area contributed by atoms with Crippen LogP contribution in [0.3, 0.4) is 0 Å². The fraction of sp³-hybridized carbons (Fsp3) is 0.333. The van der Waals surface area contributed by atoms with Crippen molar-refractivity contribution in [2.45, 2.75) is 51.7 Å². The van der Waals surface area contributed by atoms with E-state index in [0.717, 1.165) is 16.9 Å². The Bertz CT molecular complexity index is 968. The molecule has 0 aromatic heterocycles. The second kappa shape index (κ2) is 8.32. The van der Waals surface area contributed by atoms with E-state index in [9.17, 15) is 9.59 Å². The third-order valence-corrected chi connectivity index (χ3v) is 5.92. The first-order valence-corrected chi connectivity index (χ1v) is 10.4. The largest absolute Gasteiger partial charge is 0.367 e. The van der Waals surface area contributed by atoms with Crippen LogP contribution in [0.4, 0.5) is 5.69 Å². The zero-order valence-electron chi connectivity index (χ0n) is 17.6. The lowest BCUT2D eigenvalue weighted by molar-refractivity contribution is -0.133. The number of carbonyl (C=O) groups excluding carboxylic acids is 2. The molecule has 6 nitrogen and oxygen atoms in total. The third-order valence-electron chi connectivity index (χ3n) is 5.92. The molecule has 2 aromatic rings. The van der Waals surface area contributed by atoms with Crippen molar-refractivity contribution in [1.82, 2.24) is 15.8 Å². The van der Waals surface area contributed by atoms with Gasteiger partial charge in [-0.3, -0.25) is 14.6 Å². The molecule has 1 saturated heterocycles. The minimum absolute atomic E-state index is 0.0512. The zero-order valence-corrected chi connectivity index (χ0v) is 17.6. The first-order valence-electron chi connectivity index (χ1n) is 10.4. The molecule has 2 aliphatic heterocycles. The summed E-state index contributed by atoms with van der Waals surface area (Å²) in [5, 5.41) is 8.10. The number of nitrogens with zero attached hydrogens (tertiary/aromatic N) is 1. The highest BCUT2D eigenvalue weighted by Gasteiger charge is 2.46. The number of nitrogens with one attached hydrogen (secondary N) is 3. The maximum atomic E-state index is 13.2. The van der Waals surface area contributed by atoms with E-state index in [2.05, 4.69) is 35.1 Å². The van der Waals surface area contributed by atoms with Gasteiger partial charge in [-0.15, -0.1) is 0 Å². The Morgan fingerprint density at radius 1 is 1.07 bits per heavy atom. The summed E-state index contributed by atoms with van der Waals surface area (Å²) in [5.41, 5.74) is 7.93. The van der Waals surface area contributed by atoms with Crippen molar-refractivity contribution in [2.24, 2.45) is 0 Å². The van der Waals surface area contributed by atoms with Gasteiger partial charge in [-0.05, 0) is 44.9 Å². The average Bonchev–Trinajstić information content (AvgIpc) is 3.06. The molecule has 0 spiro atoms.